The Morgan fingerprint density at radius 2 is 2.26 bits per heavy atom. The van der Waals surface area contributed by atoms with Gasteiger partial charge in [0, 0.05) is 22.7 Å². The van der Waals surface area contributed by atoms with Crippen molar-refractivity contribution in [3.8, 4) is 5.75 Å². The molecule has 0 saturated carbocycles. The molecular formula is C19H22FN7O3S. The number of aromatic nitrogens is 1. The van der Waals surface area contributed by atoms with Crippen LogP contribution in [0.4, 0.5) is 9.52 Å². The maximum Gasteiger partial charge on any atom is 0.276 e. The second-order valence-corrected chi connectivity index (χ2v) is 7.55. The fourth-order valence-electron chi connectivity index (χ4n) is 2.78. The van der Waals surface area contributed by atoms with E-state index in [1.807, 2.05) is 6.92 Å². The van der Waals surface area contributed by atoms with Crippen LogP contribution < -0.4 is 26.8 Å². The first-order valence-corrected chi connectivity index (χ1v) is 10.1. The summed E-state index contributed by atoms with van der Waals surface area (Å²) in [5, 5.41) is 18.9. The molecule has 0 unspecified atom stereocenters. The fraction of sp³-hybridized carbons (Fsp3) is 0.263. The average molecular weight is 447 g/mol. The van der Waals surface area contributed by atoms with Gasteiger partial charge in [0.1, 0.15) is 18.1 Å². The summed E-state index contributed by atoms with van der Waals surface area (Å²) in [6.45, 7) is 5.64. The number of nitrogens with one attached hydrogen (secondary N) is 3. The summed E-state index contributed by atoms with van der Waals surface area (Å²) >= 11 is 1.17. The van der Waals surface area contributed by atoms with Crippen molar-refractivity contribution in [3.63, 3.8) is 0 Å². The van der Waals surface area contributed by atoms with E-state index in [1.165, 1.54) is 23.5 Å². The first kappa shape index (κ1) is 22.0. The van der Waals surface area contributed by atoms with Crippen molar-refractivity contribution in [2.45, 2.75) is 19.0 Å². The van der Waals surface area contributed by atoms with Crippen molar-refractivity contribution in [1.82, 2.24) is 15.6 Å². The number of ether oxygens (including phenoxy) is 1. The van der Waals surface area contributed by atoms with Crippen LogP contribution in [0.1, 0.15) is 18.2 Å². The number of thiazole rings is 1. The number of benzene rings is 1. The van der Waals surface area contributed by atoms with Crippen LogP contribution in [0.3, 0.4) is 0 Å². The number of hydrogen-bond acceptors (Lipinski definition) is 9. The summed E-state index contributed by atoms with van der Waals surface area (Å²) in [4.78, 5) is 22.0. The largest absolute Gasteiger partial charge is 0.487 e. The Bertz CT molecular complexity index is 1040. The number of oxime groups is 1. The monoisotopic (exact) mass is 447 g/mol. The van der Waals surface area contributed by atoms with Crippen molar-refractivity contribution in [2.75, 3.05) is 18.9 Å². The molecular weight excluding hydrogens is 425 g/mol. The smallest absolute Gasteiger partial charge is 0.276 e. The molecule has 0 spiro atoms. The predicted octanol–water partition coefficient (Wildman–Crippen LogP) is 0.938. The van der Waals surface area contributed by atoms with Crippen molar-refractivity contribution in [1.29, 1.82) is 5.41 Å². The van der Waals surface area contributed by atoms with Gasteiger partial charge < -0.3 is 31.7 Å². The summed E-state index contributed by atoms with van der Waals surface area (Å²) in [6.07, 6.45) is 0. The standard InChI is InChI=1S/C19H22FN7O3S/c1-9-15(10(2)24-9)26-18(28)16(13-8-31-19(23)25-13)27-30-6-5-29-14-4-3-11(17(21)22)7-12(14)20/h3-4,7-8,10,15,24H,1,5-6H2,2H3,(H3,21,22)(H2,23,25)(H,26,28)/b27-16-/t10-,15+/m0/s1. The summed E-state index contributed by atoms with van der Waals surface area (Å²) in [6, 6.07) is 3.75. The van der Waals surface area contributed by atoms with Crippen LogP contribution in [0, 0.1) is 11.2 Å². The molecule has 31 heavy (non-hydrogen) atoms. The van der Waals surface area contributed by atoms with Crippen LogP contribution >= 0.6 is 11.3 Å². The second kappa shape index (κ2) is 9.43. The maximum absolute atomic E-state index is 14.0. The molecule has 2 aromatic rings. The highest BCUT2D eigenvalue weighted by atomic mass is 32.1. The molecule has 1 aromatic heterocycles. The average Bonchev–Trinajstić information content (AvgIpc) is 3.15. The number of carbonyl (C=O) groups excluding carboxylic acids is 1. The number of amidine groups is 1. The van der Waals surface area contributed by atoms with E-state index in [-0.39, 0.29) is 59.0 Å². The van der Waals surface area contributed by atoms with Gasteiger partial charge in [0.05, 0.1) is 6.04 Å². The first-order valence-electron chi connectivity index (χ1n) is 9.20. The van der Waals surface area contributed by atoms with E-state index in [1.54, 1.807) is 5.38 Å². The van der Waals surface area contributed by atoms with Crippen molar-refractivity contribution < 1.29 is 18.8 Å². The lowest BCUT2D eigenvalue weighted by atomic mass is 9.98. The van der Waals surface area contributed by atoms with Crippen LogP contribution in [0.25, 0.3) is 0 Å². The summed E-state index contributed by atoms with van der Waals surface area (Å²) in [7, 11) is 0. The number of anilines is 1. The number of amides is 1. The quantitative estimate of drug-likeness (QED) is 0.165. The zero-order chi connectivity index (χ0) is 22.5. The number of hydrogen-bond donors (Lipinski definition) is 5. The minimum Gasteiger partial charge on any atom is -0.487 e. The van der Waals surface area contributed by atoms with Gasteiger partial charge in [0.2, 0.25) is 0 Å². The molecule has 2 atom stereocenters. The number of rotatable bonds is 9. The molecule has 0 radical (unpaired) electrons. The normalized spacial score (nSPS) is 18.0. The highest BCUT2D eigenvalue weighted by molar-refractivity contribution is 7.13. The van der Waals surface area contributed by atoms with Gasteiger partial charge in [-0.3, -0.25) is 10.2 Å². The molecule has 0 aliphatic carbocycles. The number of halogens is 1. The molecule has 164 valence electrons. The van der Waals surface area contributed by atoms with Crippen LogP contribution in [0.2, 0.25) is 0 Å². The summed E-state index contributed by atoms with van der Waals surface area (Å²) in [5.41, 5.74) is 12.2. The summed E-state index contributed by atoms with van der Waals surface area (Å²) in [5.74, 6) is -1.41. The third kappa shape index (κ3) is 5.28. The molecule has 0 bridgehead atoms. The van der Waals surface area contributed by atoms with E-state index < -0.39 is 11.7 Å². The molecule has 1 amide bonds. The minimum atomic E-state index is -0.655. The van der Waals surface area contributed by atoms with E-state index in [4.69, 9.17) is 26.5 Å². The van der Waals surface area contributed by atoms with Crippen molar-refractivity contribution in [2.24, 2.45) is 10.9 Å². The molecule has 7 N–H and O–H groups in total. The van der Waals surface area contributed by atoms with E-state index >= 15 is 0 Å². The Kier molecular flexibility index (Phi) is 6.70. The maximum atomic E-state index is 14.0. The van der Waals surface area contributed by atoms with Gasteiger partial charge in [-0.1, -0.05) is 11.7 Å². The molecule has 1 fully saturated rings. The van der Waals surface area contributed by atoms with Gasteiger partial charge >= 0.3 is 0 Å². The second-order valence-electron chi connectivity index (χ2n) is 6.66. The van der Waals surface area contributed by atoms with E-state index in [9.17, 15) is 9.18 Å². The molecule has 10 nitrogen and oxygen atoms in total. The van der Waals surface area contributed by atoms with E-state index in [0.717, 1.165) is 6.07 Å². The highest BCUT2D eigenvalue weighted by Gasteiger charge is 2.33. The van der Waals surface area contributed by atoms with Gasteiger partial charge in [-0.05, 0) is 25.1 Å². The number of carbonyl (C=O) groups is 1. The molecule has 12 heteroatoms. The lowest BCUT2D eigenvalue weighted by Gasteiger charge is -2.39. The van der Waals surface area contributed by atoms with E-state index in [0.29, 0.717) is 5.70 Å². The molecule has 1 saturated heterocycles. The molecule has 2 heterocycles. The topological polar surface area (TPSA) is 161 Å². The molecule has 1 aromatic carbocycles. The third-order valence-corrected chi connectivity index (χ3v) is 5.06. The Morgan fingerprint density at radius 1 is 1.48 bits per heavy atom. The van der Waals surface area contributed by atoms with Crippen LogP contribution in [-0.2, 0) is 9.63 Å². The Labute approximate surface area is 181 Å². The number of nitrogens with zero attached hydrogens (tertiary/aromatic N) is 2. The number of nitrogens with two attached hydrogens (primary N) is 2. The Balaban J connectivity index is 1.60. The fourth-order valence-corrected chi connectivity index (χ4v) is 3.33. The first-order chi connectivity index (χ1) is 14.8. The van der Waals surface area contributed by atoms with Crippen molar-refractivity contribution >= 4 is 33.9 Å². The van der Waals surface area contributed by atoms with Gasteiger partial charge in [0.15, 0.2) is 29.0 Å². The molecule has 1 aliphatic rings. The predicted molar refractivity (Wildman–Crippen MR) is 116 cm³/mol. The zero-order valence-corrected chi connectivity index (χ0v) is 17.5. The Hall–Kier alpha value is -3.67. The molecule has 3 rings (SSSR count). The van der Waals surface area contributed by atoms with Crippen LogP contribution in [0.15, 0.2) is 41.0 Å². The lowest BCUT2D eigenvalue weighted by molar-refractivity contribution is -0.115. The molecule has 1 aliphatic heterocycles. The third-order valence-electron chi connectivity index (χ3n) is 4.39. The lowest BCUT2D eigenvalue weighted by Crippen LogP contribution is -2.61. The summed E-state index contributed by atoms with van der Waals surface area (Å²) < 4.78 is 19.3. The van der Waals surface area contributed by atoms with Crippen LogP contribution in [-0.4, -0.2) is 47.7 Å². The van der Waals surface area contributed by atoms with E-state index in [2.05, 4.69) is 27.4 Å². The Morgan fingerprint density at radius 3 is 2.84 bits per heavy atom. The zero-order valence-electron chi connectivity index (χ0n) is 16.6. The number of nitrogen functional groups attached to an aromatic ring is 2. The highest BCUT2D eigenvalue weighted by Crippen LogP contribution is 2.18. The van der Waals surface area contributed by atoms with Gasteiger partial charge in [-0.2, -0.15) is 0 Å². The van der Waals surface area contributed by atoms with Gasteiger partial charge in [0.25, 0.3) is 5.91 Å². The minimum absolute atomic E-state index is 0.0206. The SMILES string of the molecule is C=C1N[C@@H](C)[C@@H]1NC(=O)/C(=N\OCCOc1ccc(C(=N)N)cc1F)c1csc(N)n1. The van der Waals surface area contributed by atoms with Crippen molar-refractivity contribution in [3.05, 3.63) is 52.9 Å². The van der Waals surface area contributed by atoms with Gasteiger partial charge in [-0.25, -0.2) is 9.37 Å². The van der Waals surface area contributed by atoms with Gasteiger partial charge in [-0.15, -0.1) is 11.3 Å². The van der Waals surface area contributed by atoms with Crippen LogP contribution in [0.5, 0.6) is 5.75 Å².